The van der Waals surface area contributed by atoms with Gasteiger partial charge in [0.05, 0.1) is 7.11 Å². The molecule has 0 aliphatic heterocycles. The van der Waals surface area contributed by atoms with Crippen molar-refractivity contribution >= 4 is 23.9 Å². The van der Waals surface area contributed by atoms with E-state index >= 15 is 0 Å². The Kier molecular flexibility index (Phi) is 25.8. The normalized spacial score (nSPS) is 12.5. The highest BCUT2D eigenvalue weighted by atomic mass is 35.5. The van der Waals surface area contributed by atoms with Crippen LogP contribution in [-0.2, 0) is 16.1 Å². The summed E-state index contributed by atoms with van der Waals surface area (Å²) in [4.78, 5) is 21.5. The summed E-state index contributed by atoms with van der Waals surface area (Å²) in [5.74, 6) is 2.65. The van der Waals surface area contributed by atoms with Crippen molar-refractivity contribution in [2.75, 3.05) is 13.7 Å². The third-order valence-electron chi connectivity index (χ3n) is 6.16. The standard InChI is InChI=1S/C12H26.C11H16ClNO.C9H11NO2/c1-5-8-12(7-3)10-9-11(4)6-2;1-4-7-13-11(14)9(5-2)8-10(12)6-3;1-12-9-4-2-3-8(5-9)6-10-7-11/h11-12H,5-10H2,1-4H3;5-6,8H,3-4,7H2,1-2H3,(H,13,14);2-5,7H,6H2,1H3,(H,10,11)/b;9-5+,10-8+;. The molecule has 0 saturated heterocycles. The number of carbonyl (C=O) groups excluding carboxylic acids is 2. The number of allylic oxidation sites excluding steroid dienone is 3. The summed E-state index contributed by atoms with van der Waals surface area (Å²) in [5.41, 5.74) is 1.59. The topological polar surface area (TPSA) is 67.4 Å². The van der Waals surface area contributed by atoms with Gasteiger partial charge in [0.15, 0.2) is 0 Å². The largest absolute Gasteiger partial charge is 0.497 e. The molecule has 5 nitrogen and oxygen atoms in total. The van der Waals surface area contributed by atoms with Crippen LogP contribution in [0.4, 0.5) is 0 Å². The van der Waals surface area contributed by atoms with E-state index in [0.29, 0.717) is 30.1 Å². The van der Waals surface area contributed by atoms with Gasteiger partial charge in [-0.05, 0) is 49.0 Å². The first-order valence-corrected chi connectivity index (χ1v) is 14.4. The van der Waals surface area contributed by atoms with Crippen LogP contribution in [0.1, 0.15) is 92.1 Å². The Hall–Kier alpha value is -2.53. The molecule has 0 radical (unpaired) electrons. The molecule has 2 atom stereocenters. The average molecular weight is 549 g/mol. The minimum Gasteiger partial charge on any atom is -0.497 e. The van der Waals surface area contributed by atoms with Crippen LogP contribution in [0, 0.1) is 11.8 Å². The van der Waals surface area contributed by atoms with E-state index in [1.807, 2.05) is 31.2 Å². The number of halogens is 1. The van der Waals surface area contributed by atoms with Crippen molar-refractivity contribution in [2.24, 2.45) is 11.8 Å². The SMILES string of the molecule is C=C/C(Cl)=C\C(=C/C)C(=O)NCCC.CCCC(CC)CCC(C)CC.COc1cccc(CNC=O)c1. The van der Waals surface area contributed by atoms with Crippen LogP contribution < -0.4 is 15.4 Å². The zero-order valence-electron chi connectivity index (χ0n) is 24.9. The second-order valence-corrected chi connectivity index (χ2v) is 9.67. The molecule has 216 valence electrons. The lowest BCUT2D eigenvalue weighted by atomic mass is 9.91. The van der Waals surface area contributed by atoms with Crippen LogP contribution in [0.5, 0.6) is 5.75 Å². The summed E-state index contributed by atoms with van der Waals surface area (Å²) in [6.07, 6.45) is 14.8. The number of hydrogen-bond donors (Lipinski definition) is 2. The molecule has 2 amide bonds. The summed E-state index contributed by atoms with van der Waals surface area (Å²) < 4.78 is 5.02. The van der Waals surface area contributed by atoms with Gasteiger partial charge in [0.1, 0.15) is 5.75 Å². The monoisotopic (exact) mass is 548 g/mol. The fraction of sp³-hybridized carbons (Fsp3) is 0.562. The molecule has 0 spiro atoms. The lowest BCUT2D eigenvalue weighted by molar-refractivity contribution is -0.117. The van der Waals surface area contributed by atoms with Crippen LogP contribution in [-0.4, -0.2) is 26.0 Å². The van der Waals surface area contributed by atoms with Gasteiger partial charge in [-0.2, -0.15) is 0 Å². The van der Waals surface area contributed by atoms with Crippen LogP contribution in [0.25, 0.3) is 0 Å². The van der Waals surface area contributed by atoms with Crippen LogP contribution in [0.15, 0.2) is 59.7 Å². The third-order valence-corrected chi connectivity index (χ3v) is 6.42. The molecule has 2 unspecified atom stereocenters. The lowest BCUT2D eigenvalue weighted by Crippen LogP contribution is -2.24. The predicted octanol–water partition coefficient (Wildman–Crippen LogP) is 8.35. The fourth-order valence-corrected chi connectivity index (χ4v) is 3.57. The zero-order valence-corrected chi connectivity index (χ0v) is 25.7. The summed E-state index contributed by atoms with van der Waals surface area (Å²) in [7, 11) is 1.62. The molecule has 1 rings (SSSR count). The highest BCUT2D eigenvalue weighted by molar-refractivity contribution is 6.31. The average Bonchev–Trinajstić information content (AvgIpc) is 2.95. The molecule has 0 fully saturated rings. The predicted molar refractivity (Wildman–Crippen MR) is 164 cm³/mol. The van der Waals surface area contributed by atoms with Crippen molar-refractivity contribution in [3.63, 3.8) is 0 Å². The van der Waals surface area contributed by atoms with E-state index < -0.39 is 0 Å². The van der Waals surface area contributed by atoms with Gasteiger partial charge >= 0.3 is 0 Å². The van der Waals surface area contributed by atoms with Crippen molar-refractivity contribution in [3.05, 3.63) is 65.2 Å². The van der Waals surface area contributed by atoms with E-state index in [2.05, 4.69) is 44.9 Å². The molecule has 0 saturated carbocycles. The molecule has 0 heterocycles. The smallest absolute Gasteiger partial charge is 0.250 e. The first-order valence-electron chi connectivity index (χ1n) is 14.0. The summed E-state index contributed by atoms with van der Waals surface area (Å²) in [6.45, 7) is 17.8. The number of amides is 2. The minimum atomic E-state index is -0.102. The number of hydrogen-bond acceptors (Lipinski definition) is 3. The van der Waals surface area contributed by atoms with E-state index in [9.17, 15) is 9.59 Å². The van der Waals surface area contributed by atoms with Gasteiger partial charge < -0.3 is 15.4 Å². The van der Waals surface area contributed by atoms with E-state index in [4.69, 9.17) is 16.3 Å². The van der Waals surface area contributed by atoms with Gasteiger partial charge in [0.2, 0.25) is 6.41 Å². The maximum absolute atomic E-state index is 11.5. The Bertz CT molecular complexity index is 821. The van der Waals surface area contributed by atoms with Gasteiger partial charge in [-0.1, -0.05) is 116 Å². The van der Waals surface area contributed by atoms with Crippen molar-refractivity contribution in [1.29, 1.82) is 0 Å². The Balaban J connectivity index is 0. The maximum atomic E-state index is 11.5. The Morgan fingerprint density at radius 1 is 1.11 bits per heavy atom. The Morgan fingerprint density at radius 3 is 2.32 bits per heavy atom. The molecule has 0 bridgehead atoms. The fourth-order valence-electron chi connectivity index (χ4n) is 3.46. The number of rotatable bonds is 16. The molecule has 0 aromatic heterocycles. The molecule has 0 aliphatic rings. The molecule has 6 heteroatoms. The first-order chi connectivity index (χ1) is 18.3. The quantitative estimate of drug-likeness (QED) is 0.124. The molecule has 2 N–H and O–H groups in total. The first kappa shape index (κ1) is 37.6. The Labute approximate surface area is 238 Å². The van der Waals surface area contributed by atoms with Crippen molar-refractivity contribution in [1.82, 2.24) is 10.6 Å². The van der Waals surface area contributed by atoms with Gasteiger partial charge in [-0.15, -0.1) is 0 Å². The Morgan fingerprint density at radius 2 is 1.82 bits per heavy atom. The van der Waals surface area contributed by atoms with E-state index in [0.717, 1.165) is 29.6 Å². The van der Waals surface area contributed by atoms with Crippen LogP contribution >= 0.6 is 11.6 Å². The second-order valence-electron chi connectivity index (χ2n) is 9.24. The molecule has 38 heavy (non-hydrogen) atoms. The summed E-state index contributed by atoms with van der Waals surface area (Å²) >= 11 is 5.74. The summed E-state index contributed by atoms with van der Waals surface area (Å²) in [6, 6.07) is 7.57. The van der Waals surface area contributed by atoms with Crippen molar-refractivity contribution in [2.45, 2.75) is 93.0 Å². The molecule has 1 aromatic carbocycles. The third kappa shape index (κ3) is 20.5. The molecule has 1 aromatic rings. The number of benzene rings is 1. The van der Waals surface area contributed by atoms with Crippen LogP contribution in [0.2, 0.25) is 0 Å². The summed E-state index contributed by atoms with van der Waals surface area (Å²) in [5, 5.41) is 5.81. The van der Waals surface area contributed by atoms with Gasteiger partial charge in [0, 0.05) is 23.7 Å². The molecule has 0 aliphatic carbocycles. The zero-order chi connectivity index (χ0) is 29.2. The highest BCUT2D eigenvalue weighted by Crippen LogP contribution is 2.21. The number of carbonyl (C=O) groups is 2. The highest BCUT2D eigenvalue weighted by Gasteiger charge is 2.07. The number of nitrogens with one attached hydrogen (secondary N) is 2. The van der Waals surface area contributed by atoms with E-state index in [-0.39, 0.29) is 5.91 Å². The minimum absolute atomic E-state index is 0.102. The lowest BCUT2D eigenvalue weighted by Gasteiger charge is -2.15. The van der Waals surface area contributed by atoms with Gasteiger partial charge in [0.25, 0.3) is 5.91 Å². The maximum Gasteiger partial charge on any atom is 0.250 e. The van der Waals surface area contributed by atoms with E-state index in [1.54, 1.807) is 26.2 Å². The van der Waals surface area contributed by atoms with Crippen LogP contribution in [0.3, 0.4) is 0 Å². The van der Waals surface area contributed by atoms with Crippen molar-refractivity contribution in [3.8, 4) is 5.75 Å². The number of methoxy groups -OCH3 is 1. The van der Waals surface area contributed by atoms with E-state index in [1.165, 1.54) is 44.6 Å². The molecular formula is C32H53ClN2O3. The van der Waals surface area contributed by atoms with Crippen molar-refractivity contribution < 1.29 is 14.3 Å². The van der Waals surface area contributed by atoms with Gasteiger partial charge in [-0.3, -0.25) is 9.59 Å². The van der Waals surface area contributed by atoms with Gasteiger partial charge in [-0.25, -0.2) is 0 Å². The second kappa shape index (κ2) is 26.1. The molecular weight excluding hydrogens is 496 g/mol. The number of ether oxygens (including phenoxy) is 1.